The summed E-state index contributed by atoms with van der Waals surface area (Å²) in [6, 6.07) is 15.1. The molecule has 1 heterocycles. The Balaban J connectivity index is 1.52. The lowest BCUT2D eigenvalue weighted by Crippen LogP contribution is -2.47. The van der Waals surface area contributed by atoms with Crippen LogP contribution in [0.3, 0.4) is 0 Å². The summed E-state index contributed by atoms with van der Waals surface area (Å²) in [5.41, 5.74) is 9.24. The summed E-state index contributed by atoms with van der Waals surface area (Å²) in [5.74, 6) is 0.0712. The molecule has 0 radical (unpaired) electrons. The van der Waals surface area contributed by atoms with Crippen molar-refractivity contribution in [1.82, 2.24) is 9.80 Å². The van der Waals surface area contributed by atoms with Crippen LogP contribution in [0.2, 0.25) is 0 Å². The Hall–Kier alpha value is -2.86. The molecule has 1 aliphatic rings. The fourth-order valence-electron chi connectivity index (χ4n) is 3.33. The van der Waals surface area contributed by atoms with E-state index in [1.807, 2.05) is 53.4 Å². The van der Waals surface area contributed by atoms with Crippen LogP contribution in [0.1, 0.15) is 17.5 Å². The highest BCUT2D eigenvalue weighted by Gasteiger charge is 2.19. The lowest BCUT2D eigenvalue weighted by Gasteiger charge is -2.32. The fraction of sp³-hybridized carbons (Fsp3) is 0.364. The van der Waals surface area contributed by atoms with Gasteiger partial charge in [-0.05, 0) is 42.8 Å². The van der Waals surface area contributed by atoms with Gasteiger partial charge in [-0.15, -0.1) is 0 Å². The van der Waals surface area contributed by atoms with Gasteiger partial charge >= 0.3 is 0 Å². The van der Waals surface area contributed by atoms with Gasteiger partial charge < -0.3 is 20.9 Å². The van der Waals surface area contributed by atoms with Crippen molar-refractivity contribution in [3.05, 3.63) is 59.7 Å². The Kier molecular flexibility index (Phi) is 6.66. The molecule has 0 atom stereocenters. The monoisotopic (exact) mass is 380 g/mol. The molecule has 0 unspecified atom stereocenters. The standard InChI is InChI=1S/C22H28N4O2/c1-25-11-13-26(14-12-25)22(28)16-17-5-4-7-19(15-17)24-21(27)10-9-18-6-2-3-8-20(18)23/h2-8,15H,9-14,16,23H2,1H3,(H,24,27). The van der Waals surface area contributed by atoms with E-state index in [-0.39, 0.29) is 11.8 Å². The number of anilines is 2. The number of hydrogen-bond acceptors (Lipinski definition) is 4. The summed E-state index contributed by atoms with van der Waals surface area (Å²) in [6.45, 7) is 3.37. The molecule has 2 aromatic rings. The molecule has 2 amide bonds. The van der Waals surface area contributed by atoms with Crippen LogP contribution in [0.15, 0.2) is 48.5 Å². The molecule has 1 aliphatic heterocycles. The van der Waals surface area contributed by atoms with E-state index in [2.05, 4.69) is 17.3 Å². The average molecular weight is 380 g/mol. The first-order chi connectivity index (χ1) is 13.5. The van der Waals surface area contributed by atoms with Crippen molar-refractivity contribution >= 4 is 23.2 Å². The highest BCUT2D eigenvalue weighted by Crippen LogP contribution is 2.15. The predicted molar refractivity (Wildman–Crippen MR) is 112 cm³/mol. The lowest BCUT2D eigenvalue weighted by atomic mass is 10.1. The quantitative estimate of drug-likeness (QED) is 0.753. The summed E-state index contributed by atoms with van der Waals surface area (Å²) >= 11 is 0. The molecule has 3 rings (SSSR count). The van der Waals surface area contributed by atoms with Gasteiger partial charge in [-0.1, -0.05) is 30.3 Å². The maximum atomic E-state index is 12.5. The van der Waals surface area contributed by atoms with Crippen LogP contribution in [0.4, 0.5) is 11.4 Å². The Labute approximate surface area is 166 Å². The smallest absolute Gasteiger partial charge is 0.227 e. The molecule has 0 bridgehead atoms. The van der Waals surface area contributed by atoms with Gasteiger partial charge in [-0.3, -0.25) is 9.59 Å². The number of likely N-dealkylation sites (N-methyl/N-ethyl adjacent to an activating group) is 1. The van der Waals surface area contributed by atoms with Crippen LogP contribution in [-0.4, -0.2) is 54.8 Å². The van der Waals surface area contributed by atoms with Gasteiger partial charge in [0.15, 0.2) is 0 Å². The Morgan fingerprint density at radius 2 is 1.79 bits per heavy atom. The molecule has 0 aliphatic carbocycles. The van der Waals surface area contributed by atoms with Crippen LogP contribution in [0.25, 0.3) is 0 Å². The van der Waals surface area contributed by atoms with Gasteiger partial charge in [0.2, 0.25) is 11.8 Å². The van der Waals surface area contributed by atoms with E-state index in [1.54, 1.807) is 0 Å². The number of benzene rings is 2. The van der Waals surface area contributed by atoms with Crippen molar-refractivity contribution < 1.29 is 9.59 Å². The van der Waals surface area contributed by atoms with E-state index in [0.717, 1.165) is 43.0 Å². The molecule has 0 aromatic heterocycles. The first-order valence-corrected chi connectivity index (χ1v) is 9.70. The first-order valence-electron chi connectivity index (χ1n) is 9.70. The molecule has 28 heavy (non-hydrogen) atoms. The zero-order valence-corrected chi connectivity index (χ0v) is 16.4. The van der Waals surface area contributed by atoms with Crippen molar-refractivity contribution in [3.63, 3.8) is 0 Å². The molecule has 0 spiro atoms. The number of carbonyl (C=O) groups excluding carboxylic acids is 2. The zero-order valence-electron chi connectivity index (χ0n) is 16.4. The normalized spacial score (nSPS) is 14.7. The third-order valence-corrected chi connectivity index (χ3v) is 5.10. The van der Waals surface area contributed by atoms with Crippen molar-refractivity contribution in [1.29, 1.82) is 0 Å². The minimum Gasteiger partial charge on any atom is -0.399 e. The molecule has 3 N–H and O–H groups in total. The third kappa shape index (κ3) is 5.57. The van der Waals surface area contributed by atoms with Crippen molar-refractivity contribution in [3.8, 4) is 0 Å². The molecule has 0 saturated carbocycles. The van der Waals surface area contributed by atoms with Crippen LogP contribution in [0.5, 0.6) is 0 Å². The highest BCUT2D eigenvalue weighted by molar-refractivity contribution is 5.91. The third-order valence-electron chi connectivity index (χ3n) is 5.10. The minimum atomic E-state index is -0.0641. The number of para-hydroxylation sites is 1. The fourth-order valence-corrected chi connectivity index (χ4v) is 3.33. The SMILES string of the molecule is CN1CCN(C(=O)Cc2cccc(NC(=O)CCc3ccccc3N)c2)CC1. The molecule has 1 fully saturated rings. The van der Waals surface area contributed by atoms with E-state index < -0.39 is 0 Å². The topological polar surface area (TPSA) is 78.7 Å². The summed E-state index contributed by atoms with van der Waals surface area (Å²) < 4.78 is 0. The molecule has 6 heteroatoms. The molecule has 6 nitrogen and oxygen atoms in total. The van der Waals surface area contributed by atoms with Crippen molar-refractivity contribution in [2.24, 2.45) is 0 Å². The van der Waals surface area contributed by atoms with Crippen molar-refractivity contribution in [2.45, 2.75) is 19.3 Å². The number of carbonyl (C=O) groups is 2. The molecule has 1 saturated heterocycles. The summed E-state index contributed by atoms with van der Waals surface area (Å²) in [4.78, 5) is 28.9. The van der Waals surface area contributed by atoms with Crippen LogP contribution in [0, 0.1) is 0 Å². The zero-order chi connectivity index (χ0) is 19.9. The first kappa shape index (κ1) is 19.9. The van der Waals surface area contributed by atoms with E-state index in [9.17, 15) is 9.59 Å². The highest BCUT2D eigenvalue weighted by atomic mass is 16.2. The van der Waals surface area contributed by atoms with E-state index in [0.29, 0.717) is 24.9 Å². The summed E-state index contributed by atoms with van der Waals surface area (Å²) in [6.07, 6.45) is 1.31. The van der Waals surface area contributed by atoms with Gasteiger partial charge in [0, 0.05) is 44.0 Å². The van der Waals surface area contributed by atoms with Gasteiger partial charge in [0.05, 0.1) is 6.42 Å². The summed E-state index contributed by atoms with van der Waals surface area (Å²) in [7, 11) is 2.07. The van der Waals surface area contributed by atoms with Gasteiger partial charge in [-0.25, -0.2) is 0 Å². The molecule has 148 valence electrons. The second-order valence-electron chi connectivity index (χ2n) is 7.31. The second-order valence-corrected chi connectivity index (χ2v) is 7.31. The van der Waals surface area contributed by atoms with Crippen LogP contribution >= 0.6 is 0 Å². The number of nitrogens with two attached hydrogens (primary N) is 1. The number of hydrogen-bond donors (Lipinski definition) is 2. The maximum Gasteiger partial charge on any atom is 0.227 e. The number of nitrogens with zero attached hydrogens (tertiary/aromatic N) is 2. The number of nitrogens with one attached hydrogen (secondary N) is 1. The van der Waals surface area contributed by atoms with E-state index >= 15 is 0 Å². The molecule has 2 aromatic carbocycles. The Bertz CT molecular complexity index is 829. The molecular formula is C22H28N4O2. The number of aryl methyl sites for hydroxylation is 1. The predicted octanol–water partition coefficient (Wildman–Crippen LogP) is 2.16. The second kappa shape index (κ2) is 9.37. The largest absolute Gasteiger partial charge is 0.399 e. The van der Waals surface area contributed by atoms with Gasteiger partial charge in [0.25, 0.3) is 0 Å². The van der Waals surface area contributed by atoms with Gasteiger partial charge in [0.1, 0.15) is 0 Å². The average Bonchev–Trinajstić information content (AvgIpc) is 2.68. The summed E-state index contributed by atoms with van der Waals surface area (Å²) in [5, 5.41) is 2.92. The van der Waals surface area contributed by atoms with E-state index in [1.165, 1.54) is 0 Å². The number of amides is 2. The van der Waals surface area contributed by atoms with Crippen LogP contribution in [-0.2, 0) is 22.4 Å². The Morgan fingerprint density at radius 1 is 1.04 bits per heavy atom. The number of rotatable bonds is 6. The number of piperazine rings is 1. The minimum absolute atomic E-state index is 0.0641. The maximum absolute atomic E-state index is 12.5. The Morgan fingerprint density at radius 3 is 2.54 bits per heavy atom. The van der Waals surface area contributed by atoms with Crippen molar-refractivity contribution in [2.75, 3.05) is 44.3 Å². The van der Waals surface area contributed by atoms with E-state index in [4.69, 9.17) is 5.73 Å². The lowest BCUT2D eigenvalue weighted by molar-refractivity contribution is -0.132. The van der Waals surface area contributed by atoms with Crippen LogP contribution < -0.4 is 11.1 Å². The molecular weight excluding hydrogens is 352 g/mol. The van der Waals surface area contributed by atoms with Gasteiger partial charge in [-0.2, -0.15) is 0 Å². The number of nitrogen functional groups attached to an aromatic ring is 1.